The second-order valence-corrected chi connectivity index (χ2v) is 6.50. The maximum atomic E-state index is 12.8. The van der Waals surface area contributed by atoms with Gasteiger partial charge >= 0.3 is 0 Å². The maximum Gasteiger partial charge on any atom is 0.272 e. The largest absolute Gasteiger partial charge is 0.368 e. The molecule has 3 heterocycles. The van der Waals surface area contributed by atoms with Crippen molar-refractivity contribution < 1.29 is 4.79 Å². The van der Waals surface area contributed by atoms with E-state index in [9.17, 15) is 4.79 Å². The van der Waals surface area contributed by atoms with Crippen LogP contribution in [-0.2, 0) is 0 Å². The Kier molecular flexibility index (Phi) is 3.87. The van der Waals surface area contributed by atoms with Gasteiger partial charge in [-0.1, -0.05) is 12.1 Å². The summed E-state index contributed by atoms with van der Waals surface area (Å²) in [4.78, 5) is 21.5. The van der Waals surface area contributed by atoms with Gasteiger partial charge in [-0.3, -0.25) is 4.79 Å². The summed E-state index contributed by atoms with van der Waals surface area (Å²) in [7, 11) is 0. The molecule has 0 radical (unpaired) electrons. The van der Waals surface area contributed by atoms with Gasteiger partial charge in [0, 0.05) is 43.6 Å². The van der Waals surface area contributed by atoms with Gasteiger partial charge < -0.3 is 9.80 Å². The molecule has 1 fully saturated rings. The van der Waals surface area contributed by atoms with Crippen LogP contribution in [0, 0.1) is 13.8 Å². The maximum absolute atomic E-state index is 12.8. The van der Waals surface area contributed by atoms with Crippen LogP contribution < -0.4 is 4.90 Å². The molecule has 0 spiro atoms. The summed E-state index contributed by atoms with van der Waals surface area (Å²) in [6.45, 7) is 7.13. The van der Waals surface area contributed by atoms with E-state index in [4.69, 9.17) is 0 Å². The van der Waals surface area contributed by atoms with E-state index >= 15 is 0 Å². The lowest BCUT2D eigenvalue weighted by atomic mass is 10.2. The Bertz CT molecular complexity index is 924. The minimum Gasteiger partial charge on any atom is -0.368 e. The van der Waals surface area contributed by atoms with E-state index in [2.05, 4.69) is 46.2 Å². The molecule has 1 aliphatic rings. The normalized spacial score (nSPS) is 15.0. The molecule has 4 rings (SSSR count). The molecule has 6 heteroatoms. The fourth-order valence-corrected chi connectivity index (χ4v) is 3.33. The van der Waals surface area contributed by atoms with E-state index in [0.717, 1.165) is 18.8 Å². The first kappa shape index (κ1) is 15.6. The molecule has 0 aliphatic carbocycles. The molecular weight excluding hydrogens is 314 g/mol. The Morgan fingerprint density at radius 2 is 1.84 bits per heavy atom. The molecule has 0 N–H and O–H groups in total. The molecule has 1 aliphatic heterocycles. The van der Waals surface area contributed by atoms with E-state index in [1.54, 1.807) is 10.7 Å². The van der Waals surface area contributed by atoms with E-state index in [1.165, 1.54) is 11.3 Å². The molecule has 6 nitrogen and oxygen atoms in total. The second-order valence-electron chi connectivity index (χ2n) is 6.50. The molecule has 1 saturated heterocycles. The predicted octanol–water partition coefficient (Wildman–Crippen LogP) is 2.31. The number of anilines is 1. The van der Waals surface area contributed by atoms with Crippen LogP contribution in [0.25, 0.3) is 5.65 Å². The number of amides is 1. The van der Waals surface area contributed by atoms with Gasteiger partial charge in [0.1, 0.15) is 5.69 Å². The minimum absolute atomic E-state index is 0.00399. The predicted molar refractivity (Wildman–Crippen MR) is 97.0 cm³/mol. The van der Waals surface area contributed by atoms with Gasteiger partial charge in [0.15, 0.2) is 5.65 Å². The first-order valence-corrected chi connectivity index (χ1v) is 8.54. The van der Waals surface area contributed by atoms with Gasteiger partial charge in [0.25, 0.3) is 5.91 Å². The highest BCUT2D eigenvalue weighted by Gasteiger charge is 2.24. The highest BCUT2D eigenvalue weighted by Crippen LogP contribution is 2.19. The van der Waals surface area contributed by atoms with Crippen molar-refractivity contribution in [3.05, 3.63) is 59.5 Å². The van der Waals surface area contributed by atoms with Crippen molar-refractivity contribution in [1.82, 2.24) is 19.5 Å². The van der Waals surface area contributed by atoms with Crippen molar-refractivity contribution in [3.8, 4) is 0 Å². The number of piperazine rings is 1. The third-order valence-corrected chi connectivity index (χ3v) is 4.69. The number of aryl methyl sites for hydroxylation is 2. The monoisotopic (exact) mass is 335 g/mol. The van der Waals surface area contributed by atoms with Gasteiger partial charge in [0.05, 0.1) is 6.20 Å². The summed E-state index contributed by atoms with van der Waals surface area (Å²) in [5, 5.41) is 4.20. The number of hydrogen-bond donors (Lipinski definition) is 0. The molecular formula is C19H21N5O. The summed E-state index contributed by atoms with van der Waals surface area (Å²) in [5.74, 6) is -0.00399. The van der Waals surface area contributed by atoms with Crippen LogP contribution in [0.1, 0.15) is 21.7 Å². The Morgan fingerprint density at radius 3 is 2.60 bits per heavy atom. The number of rotatable bonds is 2. The van der Waals surface area contributed by atoms with Crippen molar-refractivity contribution in [2.45, 2.75) is 13.8 Å². The first-order valence-electron chi connectivity index (χ1n) is 8.54. The molecule has 1 amide bonds. The van der Waals surface area contributed by atoms with Gasteiger partial charge in [-0.15, -0.1) is 0 Å². The number of fused-ring (bicyclic) bond motifs is 1. The lowest BCUT2D eigenvalue weighted by Gasteiger charge is -2.36. The molecule has 0 bridgehead atoms. The number of aromatic nitrogens is 3. The average Bonchev–Trinajstić information content (AvgIpc) is 3.10. The zero-order chi connectivity index (χ0) is 17.4. The fraction of sp³-hybridized carbons (Fsp3) is 0.316. The molecule has 128 valence electrons. The molecule has 1 aromatic carbocycles. The number of carbonyl (C=O) groups is 1. The van der Waals surface area contributed by atoms with Gasteiger partial charge in [-0.2, -0.15) is 5.10 Å². The average molecular weight is 335 g/mol. The quantitative estimate of drug-likeness (QED) is 0.721. The molecule has 25 heavy (non-hydrogen) atoms. The summed E-state index contributed by atoms with van der Waals surface area (Å²) in [5.41, 5.74) is 4.60. The Hall–Kier alpha value is -2.89. The summed E-state index contributed by atoms with van der Waals surface area (Å²) < 4.78 is 1.74. The third kappa shape index (κ3) is 2.95. The van der Waals surface area contributed by atoms with Gasteiger partial charge in [0.2, 0.25) is 0 Å². The summed E-state index contributed by atoms with van der Waals surface area (Å²) in [6.07, 6.45) is 1.70. The highest BCUT2D eigenvalue weighted by atomic mass is 16.2. The van der Waals surface area contributed by atoms with Crippen LogP contribution >= 0.6 is 0 Å². The fourth-order valence-electron chi connectivity index (χ4n) is 3.33. The van der Waals surface area contributed by atoms with Crippen molar-refractivity contribution in [2.24, 2.45) is 0 Å². The second kappa shape index (κ2) is 6.20. The van der Waals surface area contributed by atoms with E-state index in [1.807, 2.05) is 24.0 Å². The van der Waals surface area contributed by atoms with Crippen LogP contribution in [0.15, 0.2) is 42.6 Å². The Balaban J connectivity index is 1.49. The summed E-state index contributed by atoms with van der Waals surface area (Å²) in [6, 6.07) is 12.1. The van der Waals surface area contributed by atoms with Gasteiger partial charge in [-0.25, -0.2) is 9.50 Å². The highest BCUT2D eigenvalue weighted by molar-refractivity contribution is 5.93. The number of benzene rings is 1. The van der Waals surface area contributed by atoms with Crippen molar-refractivity contribution in [2.75, 3.05) is 31.1 Å². The smallest absolute Gasteiger partial charge is 0.272 e. The molecule has 2 aromatic heterocycles. The molecule has 0 unspecified atom stereocenters. The third-order valence-electron chi connectivity index (χ3n) is 4.69. The minimum atomic E-state index is -0.00399. The topological polar surface area (TPSA) is 53.7 Å². The van der Waals surface area contributed by atoms with Crippen molar-refractivity contribution in [1.29, 1.82) is 0 Å². The number of carbonyl (C=O) groups excluding carboxylic acids is 1. The van der Waals surface area contributed by atoms with Gasteiger partial charge in [-0.05, 0) is 37.6 Å². The Morgan fingerprint density at radius 1 is 1.04 bits per heavy atom. The van der Waals surface area contributed by atoms with Crippen LogP contribution in [0.4, 0.5) is 5.69 Å². The Labute approximate surface area is 146 Å². The molecule has 0 saturated carbocycles. The SMILES string of the molecule is Cc1cccc(N2CCN(C(=O)c3cc(C)n4nccc4n3)CC2)c1. The van der Waals surface area contributed by atoms with Crippen molar-refractivity contribution in [3.63, 3.8) is 0 Å². The number of hydrogen-bond acceptors (Lipinski definition) is 4. The lowest BCUT2D eigenvalue weighted by molar-refractivity contribution is 0.0741. The van der Waals surface area contributed by atoms with E-state index < -0.39 is 0 Å². The van der Waals surface area contributed by atoms with E-state index in [-0.39, 0.29) is 5.91 Å². The lowest BCUT2D eigenvalue weighted by Crippen LogP contribution is -2.49. The first-order chi connectivity index (χ1) is 12.1. The number of nitrogens with zero attached hydrogens (tertiary/aromatic N) is 5. The zero-order valence-corrected chi connectivity index (χ0v) is 14.5. The molecule has 0 atom stereocenters. The van der Waals surface area contributed by atoms with Crippen LogP contribution in [0.2, 0.25) is 0 Å². The van der Waals surface area contributed by atoms with Crippen LogP contribution in [0.3, 0.4) is 0 Å². The molecule has 3 aromatic rings. The zero-order valence-electron chi connectivity index (χ0n) is 14.5. The van der Waals surface area contributed by atoms with Crippen LogP contribution in [0.5, 0.6) is 0 Å². The van der Waals surface area contributed by atoms with Crippen LogP contribution in [-0.4, -0.2) is 51.6 Å². The summed E-state index contributed by atoms with van der Waals surface area (Å²) >= 11 is 0. The van der Waals surface area contributed by atoms with Crippen molar-refractivity contribution >= 4 is 17.2 Å². The standard InChI is InChI=1S/C19H21N5O/c1-14-4-3-5-16(12-14)22-8-10-23(11-9-22)19(25)17-13-15(2)24-18(21-17)6-7-20-24/h3-7,12-13H,8-11H2,1-2H3. The van der Waals surface area contributed by atoms with E-state index in [0.29, 0.717) is 24.4 Å².